The number of rotatable bonds is 5. The third kappa shape index (κ3) is 3.81. The Hall–Kier alpha value is -1.39. The van der Waals surface area contributed by atoms with Gasteiger partial charge in [0.1, 0.15) is 11.6 Å². The highest BCUT2D eigenvalue weighted by Crippen LogP contribution is 2.23. The van der Waals surface area contributed by atoms with Crippen LogP contribution in [0.15, 0.2) is 46.9 Å². The van der Waals surface area contributed by atoms with Gasteiger partial charge >= 0.3 is 0 Å². The van der Waals surface area contributed by atoms with E-state index < -0.39 is 0 Å². The highest BCUT2D eigenvalue weighted by Gasteiger charge is 2.08. The second kappa shape index (κ2) is 6.86. The van der Waals surface area contributed by atoms with E-state index in [1.54, 1.807) is 19.2 Å². The van der Waals surface area contributed by atoms with Gasteiger partial charge < -0.3 is 10.1 Å². The predicted molar refractivity (Wildman–Crippen MR) is 82.3 cm³/mol. The molecule has 106 valence electrons. The van der Waals surface area contributed by atoms with Gasteiger partial charge in [0.15, 0.2) is 0 Å². The average Bonchev–Trinajstić information content (AvgIpc) is 2.46. The maximum atomic E-state index is 13.2. The van der Waals surface area contributed by atoms with E-state index in [9.17, 15) is 4.39 Å². The third-order valence-electron chi connectivity index (χ3n) is 3.20. The van der Waals surface area contributed by atoms with Gasteiger partial charge in [-0.05, 0) is 48.4 Å². The first kappa shape index (κ1) is 15.0. The number of nitrogens with one attached hydrogen (secondary N) is 1. The summed E-state index contributed by atoms with van der Waals surface area (Å²) >= 11 is 3.52. The van der Waals surface area contributed by atoms with Crippen molar-refractivity contribution < 1.29 is 9.13 Å². The lowest BCUT2D eigenvalue weighted by atomic mass is 10.1. The summed E-state index contributed by atoms with van der Waals surface area (Å²) in [7, 11) is 1.65. The fraction of sp³-hybridized carbons (Fsp3) is 0.250. The smallest absolute Gasteiger partial charge is 0.123 e. The van der Waals surface area contributed by atoms with E-state index in [0.717, 1.165) is 21.3 Å². The SMILES string of the molecule is COc1ccc(Br)c(CN[C@H](C)c2cccc(F)c2)c1. The number of methoxy groups -OCH3 is 1. The van der Waals surface area contributed by atoms with Gasteiger partial charge in [0, 0.05) is 17.1 Å². The van der Waals surface area contributed by atoms with Crippen molar-refractivity contribution in [1.82, 2.24) is 5.32 Å². The van der Waals surface area contributed by atoms with Gasteiger partial charge in [0.05, 0.1) is 7.11 Å². The van der Waals surface area contributed by atoms with Crippen LogP contribution in [-0.4, -0.2) is 7.11 Å². The van der Waals surface area contributed by atoms with E-state index in [1.165, 1.54) is 6.07 Å². The molecule has 0 radical (unpaired) electrons. The molecule has 0 aliphatic heterocycles. The van der Waals surface area contributed by atoms with Crippen molar-refractivity contribution in [3.05, 3.63) is 63.9 Å². The van der Waals surface area contributed by atoms with E-state index in [1.807, 2.05) is 31.2 Å². The first-order valence-corrected chi connectivity index (χ1v) is 7.20. The average molecular weight is 338 g/mol. The summed E-state index contributed by atoms with van der Waals surface area (Å²) in [5, 5.41) is 3.38. The number of ether oxygens (including phenoxy) is 1. The Morgan fingerprint density at radius 2 is 2.05 bits per heavy atom. The second-order valence-electron chi connectivity index (χ2n) is 4.61. The van der Waals surface area contributed by atoms with E-state index in [2.05, 4.69) is 21.2 Å². The molecule has 20 heavy (non-hydrogen) atoms. The summed E-state index contributed by atoms with van der Waals surface area (Å²) < 4.78 is 19.4. The van der Waals surface area contributed by atoms with Gasteiger partial charge in [-0.3, -0.25) is 0 Å². The Morgan fingerprint density at radius 1 is 1.25 bits per heavy atom. The molecule has 0 bridgehead atoms. The molecule has 0 aliphatic carbocycles. The zero-order chi connectivity index (χ0) is 14.5. The molecule has 0 aliphatic rings. The molecule has 0 aromatic heterocycles. The van der Waals surface area contributed by atoms with Crippen LogP contribution in [0.5, 0.6) is 5.75 Å². The summed E-state index contributed by atoms with van der Waals surface area (Å²) in [4.78, 5) is 0. The van der Waals surface area contributed by atoms with Gasteiger partial charge in [-0.15, -0.1) is 0 Å². The van der Waals surface area contributed by atoms with Crippen molar-refractivity contribution in [1.29, 1.82) is 0 Å². The molecule has 2 aromatic carbocycles. The standard InChI is InChI=1S/C16H17BrFNO/c1-11(12-4-3-5-14(18)8-12)19-10-13-9-15(20-2)6-7-16(13)17/h3-9,11,19H,10H2,1-2H3/t11-/m1/s1. The van der Waals surface area contributed by atoms with E-state index in [-0.39, 0.29) is 11.9 Å². The number of halogens is 2. The van der Waals surface area contributed by atoms with Gasteiger partial charge in [-0.1, -0.05) is 28.1 Å². The van der Waals surface area contributed by atoms with Crippen LogP contribution in [0, 0.1) is 5.82 Å². The van der Waals surface area contributed by atoms with Crippen molar-refractivity contribution in [2.45, 2.75) is 19.5 Å². The zero-order valence-electron chi connectivity index (χ0n) is 11.5. The van der Waals surface area contributed by atoms with E-state index in [0.29, 0.717) is 6.54 Å². The maximum Gasteiger partial charge on any atom is 0.123 e. The van der Waals surface area contributed by atoms with Crippen molar-refractivity contribution in [2.75, 3.05) is 7.11 Å². The normalized spacial score (nSPS) is 12.2. The Kier molecular flexibility index (Phi) is 5.15. The van der Waals surface area contributed by atoms with Gasteiger partial charge in [0.2, 0.25) is 0 Å². The summed E-state index contributed by atoms with van der Waals surface area (Å²) in [6, 6.07) is 12.6. The topological polar surface area (TPSA) is 21.3 Å². The summed E-state index contributed by atoms with van der Waals surface area (Å²) in [6.07, 6.45) is 0. The molecule has 0 saturated carbocycles. The van der Waals surface area contributed by atoms with Crippen LogP contribution in [0.25, 0.3) is 0 Å². The lowest BCUT2D eigenvalue weighted by Crippen LogP contribution is -2.18. The Labute approximate surface area is 127 Å². The molecular formula is C16H17BrFNO. The molecule has 4 heteroatoms. The quantitative estimate of drug-likeness (QED) is 0.870. The van der Waals surface area contributed by atoms with Crippen LogP contribution in [0.3, 0.4) is 0 Å². The summed E-state index contributed by atoms with van der Waals surface area (Å²) in [6.45, 7) is 2.69. The van der Waals surface area contributed by atoms with E-state index >= 15 is 0 Å². The second-order valence-corrected chi connectivity index (χ2v) is 5.47. The van der Waals surface area contributed by atoms with Crippen molar-refractivity contribution >= 4 is 15.9 Å². The molecular weight excluding hydrogens is 321 g/mol. The minimum atomic E-state index is -0.210. The van der Waals surface area contributed by atoms with Crippen molar-refractivity contribution in [2.24, 2.45) is 0 Å². The van der Waals surface area contributed by atoms with Gasteiger partial charge in [-0.25, -0.2) is 4.39 Å². The molecule has 0 fully saturated rings. The predicted octanol–water partition coefficient (Wildman–Crippen LogP) is 4.45. The van der Waals surface area contributed by atoms with Crippen LogP contribution in [-0.2, 0) is 6.54 Å². The first-order valence-electron chi connectivity index (χ1n) is 6.41. The monoisotopic (exact) mass is 337 g/mol. The minimum Gasteiger partial charge on any atom is -0.497 e. The van der Waals surface area contributed by atoms with Gasteiger partial charge in [-0.2, -0.15) is 0 Å². The number of hydrogen-bond donors (Lipinski definition) is 1. The minimum absolute atomic E-state index is 0.0730. The van der Waals surface area contributed by atoms with Crippen LogP contribution < -0.4 is 10.1 Å². The summed E-state index contributed by atoms with van der Waals surface area (Å²) in [5.74, 6) is 0.613. The van der Waals surface area contributed by atoms with Crippen molar-refractivity contribution in [3.8, 4) is 5.75 Å². The third-order valence-corrected chi connectivity index (χ3v) is 3.97. The Bertz CT molecular complexity index is 588. The highest BCUT2D eigenvalue weighted by molar-refractivity contribution is 9.10. The molecule has 0 heterocycles. The van der Waals surface area contributed by atoms with E-state index in [4.69, 9.17) is 4.74 Å². The Morgan fingerprint density at radius 3 is 2.75 bits per heavy atom. The van der Waals surface area contributed by atoms with Crippen LogP contribution in [0.1, 0.15) is 24.1 Å². The highest BCUT2D eigenvalue weighted by atomic mass is 79.9. The molecule has 1 atom stereocenters. The first-order chi connectivity index (χ1) is 9.60. The molecule has 0 amide bonds. The number of hydrogen-bond acceptors (Lipinski definition) is 2. The lowest BCUT2D eigenvalue weighted by molar-refractivity contribution is 0.413. The fourth-order valence-corrected chi connectivity index (χ4v) is 2.36. The molecule has 0 spiro atoms. The molecule has 0 unspecified atom stereocenters. The maximum absolute atomic E-state index is 13.2. The Balaban J connectivity index is 2.05. The molecule has 2 aromatic rings. The molecule has 0 saturated heterocycles. The molecule has 2 rings (SSSR count). The fourth-order valence-electron chi connectivity index (χ4n) is 1.97. The summed E-state index contributed by atoms with van der Waals surface area (Å²) in [5.41, 5.74) is 2.04. The van der Waals surface area contributed by atoms with Crippen LogP contribution in [0.2, 0.25) is 0 Å². The van der Waals surface area contributed by atoms with Crippen LogP contribution >= 0.6 is 15.9 Å². The number of benzene rings is 2. The largest absolute Gasteiger partial charge is 0.497 e. The molecule has 1 N–H and O–H groups in total. The lowest BCUT2D eigenvalue weighted by Gasteiger charge is -2.15. The van der Waals surface area contributed by atoms with Crippen LogP contribution in [0.4, 0.5) is 4.39 Å². The van der Waals surface area contributed by atoms with Crippen molar-refractivity contribution in [3.63, 3.8) is 0 Å². The van der Waals surface area contributed by atoms with Gasteiger partial charge in [0.25, 0.3) is 0 Å². The molecule has 2 nitrogen and oxygen atoms in total. The zero-order valence-corrected chi connectivity index (χ0v) is 13.1.